The van der Waals surface area contributed by atoms with E-state index in [1.54, 1.807) is 25.2 Å². The third-order valence-electron chi connectivity index (χ3n) is 2.67. The SMILES string of the molecule is CC(=O)NCCN(C)C(=O)NCc1cc(N)ccc1Cl. The molecule has 0 fully saturated rings. The van der Waals surface area contributed by atoms with Gasteiger partial charge in [0, 0.05) is 44.3 Å². The predicted molar refractivity (Wildman–Crippen MR) is 79.4 cm³/mol. The maximum Gasteiger partial charge on any atom is 0.317 e. The number of rotatable bonds is 5. The third kappa shape index (κ3) is 5.36. The molecule has 0 heterocycles. The van der Waals surface area contributed by atoms with Crippen molar-refractivity contribution in [1.29, 1.82) is 0 Å². The molecule has 20 heavy (non-hydrogen) atoms. The van der Waals surface area contributed by atoms with E-state index in [-0.39, 0.29) is 11.9 Å². The zero-order valence-electron chi connectivity index (χ0n) is 11.6. The van der Waals surface area contributed by atoms with E-state index >= 15 is 0 Å². The van der Waals surface area contributed by atoms with Gasteiger partial charge in [-0.2, -0.15) is 0 Å². The van der Waals surface area contributed by atoms with Crippen molar-refractivity contribution in [3.8, 4) is 0 Å². The van der Waals surface area contributed by atoms with Crippen molar-refractivity contribution in [2.75, 3.05) is 25.9 Å². The first-order valence-electron chi connectivity index (χ1n) is 6.17. The number of nitrogens with zero attached hydrogens (tertiary/aromatic N) is 1. The second-order valence-electron chi connectivity index (χ2n) is 4.41. The molecule has 3 amide bonds. The summed E-state index contributed by atoms with van der Waals surface area (Å²) in [6, 6.07) is 4.88. The monoisotopic (exact) mass is 298 g/mol. The Kier molecular flexibility index (Phi) is 6.11. The Morgan fingerprint density at radius 2 is 2.05 bits per heavy atom. The molecule has 0 saturated heterocycles. The van der Waals surface area contributed by atoms with Gasteiger partial charge in [-0.1, -0.05) is 11.6 Å². The van der Waals surface area contributed by atoms with Gasteiger partial charge in [0.1, 0.15) is 0 Å². The molecule has 6 nitrogen and oxygen atoms in total. The smallest absolute Gasteiger partial charge is 0.317 e. The highest BCUT2D eigenvalue weighted by atomic mass is 35.5. The van der Waals surface area contributed by atoms with Crippen LogP contribution in [-0.2, 0) is 11.3 Å². The Balaban J connectivity index is 2.42. The van der Waals surface area contributed by atoms with Crippen LogP contribution in [0.2, 0.25) is 5.02 Å². The van der Waals surface area contributed by atoms with Gasteiger partial charge in [-0.25, -0.2) is 4.79 Å². The lowest BCUT2D eigenvalue weighted by atomic mass is 10.2. The molecular formula is C13H19ClN4O2. The van der Waals surface area contributed by atoms with E-state index < -0.39 is 0 Å². The molecule has 0 radical (unpaired) electrons. The Morgan fingerprint density at radius 1 is 1.35 bits per heavy atom. The molecule has 0 aromatic heterocycles. The molecule has 0 atom stereocenters. The van der Waals surface area contributed by atoms with Gasteiger partial charge >= 0.3 is 6.03 Å². The second-order valence-corrected chi connectivity index (χ2v) is 4.82. The average Bonchev–Trinajstić information content (AvgIpc) is 2.38. The number of nitrogens with one attached hydrogen (secondary N) is 2. The van der Waals surface area contributed by atoms with Crippen LogP contribution in [0.3, 0.4) is 0 Å². The quantitative estimate of drug-likeness (QED) is 0.714. The standard InChI is InChI=1S/C13H19ClN4O2/c1-9(19)16-5-6-18(2)13(20)17-8-10-7-11(15)3-4-12(10)14/h3-4,7H,5-6,8,15H2,1-2H3,(H,16,19)(H,17,20). The molecule has 0 unspecified atom stereocenters. The lowest BCUT2D eigenvalue weighted by molar-refractivity contribution is -0.118. The predicted octanol–water partition coefficient (Wildman–Crippen LogP) is 1.20. The molecule has 0 bridgehead atoms. The van der Waals surface area contributed by atoms with E-state index in [2.05, 4.69) is 10.6 Å². The van der Waals surface area contributed by atoms with E-state index in [0.29, 0.717) is 30.3 Å². The Morgan fingerprint density at radius 3 is 2.70 bits per heavy atom. The maximum atomic E-state index is 11.8. The number of amides is 3. The van der Waals surface area contributed by atoms with Gasteiger partial charge < -0.3 is 21.3 Å². The van der Waals surface area contributed by atoms with Crippen molar-refractivity contribution < 1.29 is 9.59 Å². The minimum atomic E-state index is -0.242. The van der Waals surface area contributed by atoms with Crippen LogP contribution in [0.25, 0.3) is 0 Å². The largest absolute Gasteiger partial charge is 0.399 e. The van der Waals surface area contributed by atoms with Crippen LogP contribution in [0.1, 0.15) is 12.5 Å². The van der Waals surface area contributed by atoms with Crippen molar-refractivity contribution in [1.82, 2.24) is 15.5 Å². The molecule has 0 aliphatic heterocycles. The van der Waals surface area contributed by atoms with E-state index in [1.807, 2.05) is 0 Å². The molecule has 1 aromatic carbocycles. The zero-order valence-corrected chi connectivity index (χ0v) is 12.3. The van der Waals surface area contributed by atoms with Gasteiger partial charge in [0.05, 0.1) is 0 Å². The molecule has 0 spiro atoms. The number of urea groups is 1. The number of benzene rings is 1. The normalized spacial score (nSPS) is 9.95. The highest BCUT2D eigenvalue weighted by molar-refractivity contribution is 6.31. The van der Waals surface area contributed by atoms with Crippen molar-refractivity contribution in [2.45, 2.75) is 13.5 Å². The first kappa shape index (κ1) is 16.1. The maximum absolute atomic E-state index is 11.8. The Hall–Kier alpha value is -1.95. The van der Waals surface area contributed by atoms with E-state index in [1.165, 1.54) is 11.8 Å². The van der Waals surface area contributed by atoms with Crippen molar-refractivity contribution in [3.05, 3.63) is 28.8 Å². The molecule has 110 valence electrons. The number of nitrogens with two attached hydrogens (primary N) is 1. The summed E-state index contributed by atoms with van der Waals surface area (Å²) < 4.78 is 0. The number of anilines is 1. The average molecular weight is 299 g/mol. The van der Waals surface area contributed by atoms with Crippen LogP contribution >= 0.6 is 11.6 Å². The highest BCUT2D eigenvalue weighted by Gasteiger charge is 2.09. The Bertz CT molecular complexity index is 493. The first-order valence-corrected chi connectivity index (χ1v) is 6.55. The summed E-state index contributed by atoms with van der Waals surface area (Å²) in [5, 5.41) is 5.92. The van der Waals surface area contributed by atoms with Crippen LogP contribution in [0, 0.1) is 0 Å². The van der Waals surface area contributed by atoms with Crippen LogP contribution in [0.4, 0.5) is 10.5 Å². The molecule has 4 N–H and O–H groups in total. The molecule has 1 rings (SSSR count). The first-order chi connectivity index (χ1) is 9.40. The summed E-state index contributed by atoms with van der Waals surface area (Å²) in [5.74, 6) is -0.120. The summed E-state index contributed by atoms with van der Waals surface area (Å²) in [4.78, 5) is 24.0. The topological polar surface area (TPSA) is 87.5 Å². The number of hydrogen-bond donors (Lipinski definition) is 3. The molecule has 0 saturated carbocycles. The fourth-order valence-electron chi connectivity index (χ4n) is 1.54. The molecule has 0 aliphatic carbocycles. The van der Waals surface area contributed by atoms with Gasteiger partial charge in [-0.3, -0.25) is 4.79 Å². The highest BCUT2D eigenvalue weighted by Crippen LogP contribution is 2.18. The summed E-state index contributed by atoms with van der Waals surface area (Å²) in [6.45, 7) is 2.57. The minimum Gasteiger partial charge on any atom is -0.399 e. The van der Waals surface area contributed by atoms with Crippen molar-refractivity contribution >= 4 is 29.2 Å². The number of likely N-dealkylation sites (N-methyl/N-ethyl adjacent to an activating group) is 1. The number of carbonyl (C=O) groups excluding carboxylic acids is 2. The van der Waals surface area contributed by atoms with Crippen molar-refractivity contribution in [2.24, 2.45) is 0 Å². The summed E-state index contributed by atoms with van der Waals surface area (Å²) in [6.07, 6.45) is 0. The van der Waals surface area contributed by atoms with Gasteiger partial charge in [-0.05, 0) is 23.8 Å². The molecule has 1 aromatic rings. The van der Waals surface area contributed by atoms with E-state index in [9.17, 15) is 9.59 Å². The van der Waals surface area contributed by atoms with Crippen LogP contribution < -0.4 is 16.4 Å². The molecule has 0 aliphatic rings. The fourth-order valence-corrected chi connectivity index (χ4v) is 1.72. The third-order valence-corrected chi connectivity index (χ3v) is 3.04. The van der Waals surface area contributed by atoms with Gasteiger partial charge in [0.25, 0.3) is 0 Å². The molecular weight excluding hydrogens is 280 g/mol. The fraction of sp³-hybridized carbons (Fsp3) is 0.385. The van der Waals surface area contributed by atoms with Gasteiger partial charge in [-0.15, -0.1) is 0 Å². The lowest BCUT2D eigenvalue weighted by Gasteiger charge is -2.18. The van der Waals surface area contributed by atoms with Crippen LogP contribution in [0.15, 0.2) is 18.2 Å². The second kappa shape index (κ2) is 7.59. The zero-order chi connectivity index (χ0) is 15.1. The number of halogens is 1. The van der Waals surface area contributed by atoms with E-state index in [4.69, 9.17) is 17.3 Å². The number of hydrogen-bond acceptors (Lipinski definition) is 3. The van der Waals surface area contributed by atoms with E-state index in [0.717, 1.165) is 5.56 Å². The summed E-state index contributed by atoms with van der Waals surface area (Å²) in [7, 11) is 1.65. The van der Waals surface area contributed by atoms with Gasteiger partial charge in [0.2, 0.25) is 5.91 Å². The number of nitrogen functional groups attached to an aromatic ring is 1. The van der Waals surface area contributed by atoms with Crippen LogP contribution in [-0.4, -0.2) is 37.0 Å². The molecule has 7 heteroatoms. The summed E-state index contributed by atoms with van der Waals surface area (Å²) in [5.41, 5.74) is 7.02. The summed E-state index contributed by atoms with van der Waals surface area (Å²) >= 11 is 6.01. The van der Waals surface area contributed by atoms with Crippen LogP contribution in [0.5, 0.6) is 0 Å². The lowest BCUT2D eigenvalue weighted by Crippen LogP contribution is -2.41. The number of carbonyl (C=O) groups is 2. The Labute approximate surface area is 123 Å². The van der Waals surface area contributed by atoms with Crippen molar-refractivity contribution in [3.63, 3.8) is 0 Å². The van der Waals surface area contributed by atoms with Gasteiger partial charge in [0.15, 0.2) is 0 Å². The minimum absolute atomic E-state index is 0.120.